The molecule has 0 atom stereocenters. The lowest BCUT2D eigenvalue weighted by Gasteiger charge is -2.21. The standard InChI is InChI=1S/C23H20N2O3S/c1-27-18-10-7-9-17(15-18)25(23-24-19-11-4-6-13-21(19)29-23)22(26)14-16-8-3-5-12-20(16)28-2/h3-13,15H,14H2,1-2H3. The molecule has 0 radical (unpaired) electrons. The van der Waals surface area contributed by atoms with Crippen LogP contribution in [0.25, 0.3) is 10.2 Å². The van der Waals surface area contributed by atoms with E-state index in [-0.39, 0.29) is 12.3 Å². The summed E-state index contributed by atoms with van der Waals surface area (Å²) in [5, 5.41) is 0.624. The summed E-state index contributed by atoms with van der Waals surface area (Å²) in [4.78, 5) is 19.8. The molecule has 0 spiro atoms. The fourth-order valence-electron chi connectivity index (χ4n) is 3.16. The number of methoxy groups -OCH3 is 2. The SMILES string of the molecule is COc1cccc(N(C(=O)Cc2ccccc2OC)c2nc3ccccc3s2)c1. The number of thiazole rings is 1. The third kappa shape index (κ3) is 3.93. The van der Waals surface area contributed by atoms with Crippen molar-refractivity contribution < 1.29 is 14.3 Å². The van der Waals surface area contributed by atoms with E-state index in [1.54, 1.807) is 19.1 Å². The van der Waals surface area contributed by atoms with Crippen LogP contribution in [0.3, 0.4) is 0 Å². The van der Waals surface area contributed by atoms with Crippen LogP contribution in [0.15, 0.2) is 72.8 Å². The van der Waals surface area contributed by atoms with Gasteiger partial charge in [0.1, 0.15) is 11.5 Å². The Morgan fingerprint density at radius 1 is 0.966 bits per heavy atom. The summed E-state index contributed by atoms with van der Waals surface area (Å²) in [6, 6.07) is 22.9. The highest BCUT2D eigenvalue weighted by atomic mass is 32.1. The van der Waals surface area contributed by atoms with E-state index in [4.69, 9.17) is 14.5 Å². The number of hydrogen-bond acceptors (Lipinski definition) is 5. The molecule has 6 heteroatoms. The zero-order chi connectivity index (χ0) is 20.2. The molecule has 0 bridgehead atoms. The summed E-state index contributed by atoms with van der Waals surface area (Å²) in [5.41, 5.74) is 2.41. The lowest BCUT2D eigenvalue weighted by atomic mass is 10.1. The molecule has 146 valence electrons. The molecule has 0 saturated carbocycles. The number of aromatic nitrogens is 1. The topological polar surface area (TPSA) is 51.7 Å². The summed E-state index contributed by atoms with van der Waals surface area (Å²) >= 11 is 1.48. The first-order valence-electron chi connectivity index (χ1n) is 9.14. The van der Waals surface area contributed by atoms with E-state index in [1.807, 2.05) is 72.8 Å². The second kappa shape index (κ2) is 8.32. The van der Waals surface area contributed by atoms with Crippen LogP contribution in [0.4, 0.5) is 10.8 Å². The predicted octanol–water partition coefficient (Wildman–Crippen LogP) is 5.22. The number of ether oxygens (including phenoxy) is 2. The van der Waals surface area contributed by atoms with Crippen molar-refractivity contribution in [3.8, 4) is 11.5 Å². The van der Waals surface area contributed by atoms with Crippen molar-refractivity contribution in [1.82, 2.24) is 4.98 Å². The molecule has 4 rings (SSSR count). The largest absolute Gasteiger partial charge is 0.497 e. The van der Waals surface area contributed by atoms with Crippen molar-refractivity contribution in [2.24, 2.45) is 0 Å². The van der Waals surface area contributed by atoms with E-state index in [0.29, 0.717) is 22.3 Å². The number of amides is 1. The van der Waals surface area contributed by atoms with Crippen molar-refractivity contribution >= 4 is 38.3 Å². The molecular formula is C23H20N2O3S. The van der Waals surface area contributed by atoms with Gasteiger partial charge in [0.15, 0.2) is 5.13 Å². The molecule has 3 aromatic carbocycles. The number of para-hydroxylation sites is 2. The molecule has 0 aliphatic rings. The molecule has 0 saturated heterocycles. The second-order valence-corrected chi connectivity index (χ2v) is 7.39. The van der Waals surface area contributed by atoms with Crippen molar-refractivity contribution in [3.05, 3.63) is 78.4 Å². The molecule has 0 N–H and O–H groups in total. The first kappa shape index (κ1) is 19.0. The Morgan fingerprint density at radius 3 is 2.55 bits per heavy atom. The normalized spacial score (nSPS) is 10.7. The maximum absolute atomic E-state index is 13.5. The number of nitrogens with zero attached hydrogens (tertiary/aromatic N) is 2. The zero-order valence-corrected chi connectivity index (χ0v) is 17.0. The summed E-state index contributed by atoms with van der Waals surface area (Å²) in [6.45, 7) is 0. The molecule has 0 aliphatic heterocycles. The van der Waals surface area contributed by atoms with Crippen LogP contribution in [0.5, 0.6) is 11.5 Å². The number of hydrogen-bond donors (Lipinski definition) is 0. The van der Waals surface area contributed by atoms with Gasteiger partial charge in [-0.25, -0.2) is 4.98 Å². The zero-order valence-electron chi connectivity index (χ0n) is 16.2. The minimum Gasteiger partial charge on any atom is -0.497 e. The highest BCUT2D eigenvalue weighted by Gasteiger charge is 2.23. The Balaban J connectivity index is 1.77. The highest BCUT2D eigenvalue weighted by molar-refractivity contribution is 7.22. The average molecular weight is 404 g/mol. The van der Waals surface area contributed by atoms with Gasteiger partial charge in [-0.2, -0.15) is 0 Å². The van der Waals surface area contributed by atoms with Gasteiger partial charge in [-0.15, -0.1) is 0 Å². The van der Waals surface area contributed by atoms with Gasteiger partial charge in [0.05, 0.1) is 36.5 Å². The van der Waals surface area contributed by atoms with Gasteiger partial charge in [-0.05, 0) is 30.3 Å². The Hall–Kier alpha value is -3.38. The van der Waals surface area contributed by atoms with Crippen molar-refractivity contribution in [2.45, 2.75) is 6.42 Å². The van der Waals surface area contributed by atoms with Crippen LogP contribution in [0.2, 0.25) is 0 Å². The van der Waals surface area contributed by atoms with Crippen LogP contribution < -0.4 is 14.4 Å². The molecule has 29 heavy (non-hydrogen) atoms. The van der Waals surface area contributed by atoms with Gasteiger partial charge >= 0.3 is 0 Å². The molecule has 0 fully saturated rings. The monoisotopic (exact) mass is 404 g/mol. The van der Waals surface area contributed by atoms with E-state index in [1.165, 1.54) is 11.3 Å². The fourth-order valence-corrected chi connectivity index (χ4v) is 4.16. The van der Waals surface area contributed by atoms with Crippen molar-refractivity contribution in [1.29, 1.82) is 0 Å². The van der Waals surface area contributed by atoms with Gasteiger partial charge in [-0.1, -0.05) is 47.7 Å². The molecule has 0 unspecified atom stereocenters. The second-order valence-electron chi connectivity index (χ2n) is 6.38. The van der Waals surface area contributed by atoms with Gasteiger partial charge in [0.2, 0.25) is 5.91 Å². The van der Waals surface area contributed by atoms with Crippen LogP contribution >= 0.6 is 11.3 Å². The van der Waals surface area contributed by atoms with Crippen molar-refractivity contribution in [3.63, 3.8) is 0 Å². The molecule has 1 amide bonds. The Morgan fingerprint density at radius 2 is 1.76 bits per heavy atom. The molecule has 5 nitrogen and oxygen atoms in total. The number of benzene rings is 3. The molecule has 4 aromatic rings. The maximum Gasteiger partial charge on any atom is 0.237 e. The van der Waals surface area contributed by atoms with E-state index in [0.717, 1.165) is 15.8 Å². The fraction of sp³-hybridized carbons (Fsp3) is 0.130. The quantitative estimate of drug-likeness (QED) is 0.442. The average Bonchev–Trinajstić information content (AvgIpc) is 3.18. The first-order valence-corrected chi connectivity index (χ1v) is 9.95. The van der Waals surface area contributed by atoms with E-state index in [9.17, 15) is 4.79 Å². The summed E-state index contributed by atoms with van der Waals surface area (Å²) in [5.74, 6) is 1.27. The van der Waals surface area contributed by atoms with E-state index >= 15 is 0 Å². The Bertz CT molecular complexity index is 1120. The van der Waals surface area contributed by atoms with Crippen molar-refractivity contribution in [2.75, 3.05) is 19.1 Å². The minimum absolute atomic E-state index is 0.0955. The molecule has 0 aliphatic carbocycles. The number of fused-ring (bicyclic) bond motifs is 1. The first-order chi connectivity index (χ1) is 14.2. The highest BCUT2D eigenvalue weighted by Crippen LogP contribution is 2.35. The van der Waals surface area contributed by atoms with Crippen LogP contribution in [-0.2, 0) is 11.2 Å². The predicted molar refractivity (Wildman–Crippen MR) is 116 cm³/mol. The summed E-state index contributed by atoms with van der Waals surface area (Å²) in [6.07, 6.45) is 0.192. The smallest absolute Gasteiger partial charge is 0.237 e. The lowest BCUT2D eigenvalue weighted by molar-refractivity contribution is -0.117. The Labute approximate surface area is 173 Å². The van der Waals surface area contributed by atoms with Gasteiger partial charge in [0, 0.05) is 11.6 Å². The lowest BCUT2D eigenvalue weighted by Crippen LogP contribution is -2.27. The molecular weight excluding hydrogens is 384 g/mol. The summed E-state index contributed by atoms with van der Waals surface area (Å²) < 4.78 is 11.8. The number of carbonyl (C=O) groups is 1. The van der Waals surface area contributed by atoms with E-state index < -0.39 is 0 Å². The number of rotatable bonds is 6. The Kier molecular flexibility index (Phi) is 5.44. The third-order valence-electron chi connectivity index (χ3n) is 4.57. The van der Waals surface area contributed by atoms with Gasteiger partial charge in [-0.3, -0.25) is 9.69 Å². The maximum atomic E-state index is 13.5. The van der Waals surface area contributed by atoms with Gasteiger partial charge < -0.3 is 9.47 Å². The number of anilines is 2. The third-order valence-corrected chi connectivity index (χ3v) is 5.59. The molecule has 1 aromatic heterocycles. The number of carbonyl (C=O) groups excluding carboxylic acids is 1. The van der Waals surface area contributed by atoms with Crippen LogP contribution in [0.1, 0.15) is 5.56 Å². The van der Waals surface area contributed by atoms with Crippen LogP contribution in [-0.4, -0.2) is 25.1 Å². The summed E-state index contributed by atoms with van der Waals surface area (Å²) in [7, 11) is 3.22. The van der Waals surface area contributed by atoms with E-state index in [2.05, 4.69) is 0 Å². The van der Waals surface area contributed by atoms with Crippen LogP contribution in [0, 0.1) is 0 Å². The minimum atomic E-state index is -0.0955. The van der Waals surface area contributed by atoms with Gasteiger partial charge in [0.25, 0.3) is 0 Å². The molecule has 1 heterocycles.